The van der Waals surface area contributed by atoms with Crippen molar-refractivity contribution in [3.63, 3.8) is 0 Å². The van der Waals surface area contributed by atoms with Crippen LogP contribution in [0.4, 0.5) is 0 Å². The van der Waals surface area contributed by atoms with E-state index in [0.717, 1.165) is 26.1 Å². The first-order chi connectivity index (χ1) is 7.82. The molecule has 17 heavy (non-hydrogen) atoms. The molecule has 1 N–H and O–H groups in total. The quantitative estimate of drug-likeness (QED) is 0.764. The lowest BCUT2D eigenvalue weighted by Gasteiger charge is -2.36. The van der Waals surface area contributed by atoms with Crippen LogP contribution in [0.3, 0.4) is 0 Å². The van der Waals surface area contributed by atoms with Gasteiger partial charge in [0, 0.05) is 24.7 Å². The number of carbonyl (C=O) groups is 1. The van der Waals surface area contributed by atoms with Gasteiger partial charge >= 0.3 is 0 Å². The van der Waals surface area contributed by atoms with Crippen molar-refractivity contribution in [3.8, 4) is 0 Å². The van der Waals surface area contributed by atoms with E-state index >= 15 is 0 Å². The van der Waals surface area contributed by atoms with Crippen molar-refractivity contribution in [1.82, 2.24) is 10.2 Å². The molecule has 1 amide bonds. The van der Waals surface area contributed by atoms with E-state index in [1.54, 1.807) is 0 Å². The fourth-order valence-electron chi connectivity index (χ4n) is 1.92. The summed E-state index contributed by atoms with van der Waals surface area (Å²) in [6, 6.07) is 0.513. The standard InChI is InChI=1S/C13H26N2O2/c1-10(14-12(16)13(2,3)4)15(5)11-6-8-17-9-7-11/h10-11H,6-9H2,1-5H3,(H,14,16). The van der Waals surface area contributed by atoms with Gasteiger partial charge in [-0.15, -0.1) is 0 Å². The van der Waals surface area contributed by atoms with Gasteiger partial charge in [-0.2, -0.15) is 0 Å². The Bertz CT molecular complexity index is 255. The summed E-state index contributed by atoms with van der Waals surface area (Å²) in [5.41, 5.74) is -0.329. The number of ether oxygens (including phenoxy) is 1. The van der Waals surface area contributed by atoms with Gasteiger partial charge in [0.2, 0.25) is 5.91 Å². The maximum atomic E-state index is 11.9. The summed E-state index contributed by atoms with van der Waals surface area (Å²) in [6.45, 7) is 9.50. The van der Waals surface area contributed by atoms with Crippen LogP contribution in [-0.4, -0.2) is 43.3 Å². The number of nitrogens with zero attached hydrogens (tertiary/aromatic N) is 1. The van der Waals surface area contributed by atoms with Crippen molar-refractivity contribution in [2.45, 2.75) is 52.7 Å². The fourth-order valence-corrected chi connectivity index (χ4v) is 1.92. The first-order valence-corrected chi connectivity index (χ1v) is 6.43. The second-order valence-electron chi connectivity index (χ2n) is 5.91. The summed E-state index contributed by atoms with van der Waals surface area (Å²) in [5.74, 6) is 0.101. The molecule has 4 nitrogen and oxygen atoms in total. The van der Waals surface area contributed by atoms with Gasteiger partial charge in [0.05, 0.1) is 6.17 Å². The van der Waals surface area contributed by atoms with E-state index in [-0.39, 0.29) is 17.5 Å². The zero-order valence-electron chi connectivity index (χ0n) is 11.7. The van der Waals surface area contributed by atoms with Gasteiger partial charge in [0.1, 0.15) is 0 Å². The lowest BCUT2D eigenvalue weighted by Crippen LogP contribution is -2.52. The minimum absolute atomic E-state index is 0.0739. The molecule has 0 spiro atoms. The molecule has 1 fully saturated rings. The predicted octanol–water partition coefficient (Wildman–Crippen LogP) is 1.61. The molecule has 1 aliphatic rings. The molecular weight excluding hydrogens is 216 g/mol. The third kappa shape index (κ3) is 4.28. The topological polar surface area (TPSA) is 41.6 Å². The van der Waals surface area contributed by atoms with E-state index in [1.807, 2.05) is 27.7 Å². The Morgan fingerprint density at radius 1 is 1.35 bits per heavy atom. The molecule has 1 unspecified atom stereocenters. The Balaban J connectivity index is 2.46. The molecule has 1 aliphatic heterocycles. The van der Waals surface area contributed by atoms with Gasteiger partial charge in [-0.05, 0) is 26.8 Å². The average Bonchev–Trinajstić information content (AvgIpc) is 2.27. The van der Waals surface area contributed by atoms with Crippen LogP contribution in [0.2, 0.25) is 0 Å². The van der Waals surface area contributed by atoms with Crippen molar-refractivity contribution in [3.05, 3.63) is 0 Å². The van der Waals surface area contributed by atoms with Crippen LogP contribution >= 0.6 is 0 Å². The molecule has 4 heteroatoms. The minimum Gasteiger partial charge on any atom is -0.381 e. The SMILES string of the molecule is CC(NC(=O)C(C)(C)C)N(C)C1CCOCC1. The fraction of sp³-hybridized carbons (Fsp3) is 0.923. The lowest BCUT2D eigenvalue weighted by atomic mass is 9.95. The predicted molar refractivity (Wildman–Crippen MR) is 68.7 cm³/mol. The highest BCUT2D eigenvalue weighted by Crippen LogP contribution is 2.16. The Labute approximate surface area is 105 Å². The smallest absolute Gasteiger partial charge is 0.226 e. The summed E-state index contributed by atoms with van der Waals surface area (Å²) in [6.07, 6.45) is 2.17. The van der Waals surface area contributed by atoms with Crippen LogP contribution in [-0.2, 0) is 9.53 Å². The van der Waals surface area contributed by atoms with Crippen molar-refractivity contribution in [2.75, 3.05) is 20.3 Å². The summed E-state index contributed by atoms with van der Waals surface area (Å²) in [7, 11) is 2.07. The van der Waals surface area contributed by atoms with Crippen LogP contribution in [0.25, 0.3) is 0 Å². The van der Waals surface area contributed by atoms with Crippen LogP contribution < -0.4 is 5.32 Å². The monoisotopic (exact) mass is 242 g/mol. The van der Waals surface area contributed by atoms with E-state index in [9.17, 15) is 4.79 Å². The number of hydrogen-bond acceptors (Lipinski definition) is 3. The molecule has 1 heterocycles. The molecule has 0 saturated carbocycles. The second kappa shape index (κ2) is 5.83. The summed E-state index contributed by atoms with van der Waals surface area (Å²) in [5, 5.41) is 3.06. The second-order valence-corrected chi connectivity index (χ2v) is 5.91. The molecule has 0 bridgehead atoms. The number of carbonyl (C=O) groups excluding carboxylic acids is 1. The van der Waals surface area contributed by atoms with E-state index in [4.69, 9.17) is 4.74 Å². The Kier molecular flexibility index (Phi) is 4.95. The molecule has 100 valence electrons. The largest absolute Gasteiger partial charge is 0.381 e. The number of rotatable bonds is 3. The van der Waals surface area contributed by atoms with Gasteiger partial charge in [0.15, 0.2) is 0 Å². The zero-order valence-corrected chi connectivity index (χ0v) is 11.7. The zero-order chi connectivity index (χ0) is 13.1. The summed E-state index contributed by atoms with van der Waals surface area (Å²) < 4.78 is 5.35. The lowest BCUT2D eigenvalue weighted by molar-refractivity contribution is -0.130. The van der Waals surface area contributed by atoms with Crippen LogP contribution in [0.15, 0.2) is 0 Å². The Morgan fingerprint density at radius 3 is 2.35 bits per heavy atom. The average molecular weight is 242 g/mol. The normalized spacial score (nSPS) is 20.4. The van der Waals surface area contributed by atoms with E-state index < -0.39 is 0 Å². The summed E-state index contributed by atoms with van der Waals surface area (Å²) in [4.78, 5) is 14.1. The van der Waals surface area contributed by atoms with Crippen molar-refractivity contribution in [1.29, 1.82) is 0 Å². The highest BCUT2D eigenvalue weighted by molar-refractivity contribution is 5.81. The van der Waals surface area contributed by atoms with E-state index in [2.05, 4.69) is 17.3 Å². The van der Waals surface area contributed by atoms with Gasteiger partial charge in [-0.25, -0.2) is 0 Å². The van der Waals surface area contributed by atoms with E-state index in [1.165, 1.54) is 0 Å². The molecular formula is C13H26N2O2. The molecule has 0 aromatic rings. The van der Waals surface area contributed by atoms with Crippen molar-refractivity contribution in [2.24, 2.45) is 5.41 Å². The number of amides is 1. The summed E-state index contributed by atoms with van der Waals surface area (Å²) >= 11 is 0. The van der Waals surface area contributed by atoms with Crippen molar-refractivity contribution < 1.29 is 9.53 Å². The Morgan fingerprint density at radius 2 is 1.88 bits per heavy atom. The maximum absolute atomic E-state index is 11.9. The molecule has 0 aromatic heterocycles. The maximum Gasteiger partial charge on any atom is 0.226 e. The molecule has 0 radical (unpaired) electrons. The minimum atomic E-state index is -0.329. The molecule has 1 rings (SSSR count). The van der Waals surface area contributed by atoms with Gasteiger partial charge in [0.25, 0.3) is 0 Å². The first kappa shape index (κ1) is 14.5. The van der Waals surface area contributed by atoms with Gasteiger partial charge in [-0.1, -0.05) is 20.8 Å². The van der Waals surface area contributed by atoms with Crippen molar-refractivity contribution >= 4 is 5.91 Å². The van der Waals surface area contributed by atoms with Crippen LogP contribution in [0, 0.1) is 5.41 Å². The number of nitrogens with one attached hydrogen (secondary N) is 1. The van der Waals surface area contributed by atoms with Crippen LogP contribution in [0.5, 0.6) is 0 Å². The first-order valence-electron chi connectivity index (χ1n) is 6.43. The molecule has 0 aromatic carbocycles. The molecule has 1 atom stereocenters. The Hall–Kier alpha value is -0.610. The van der Waals surface area contributed by atoms with E-state index in [0.29, 0.717) is 6.04 Å². The highest BCUT2D eigenvalue weighted by atomic mass is 16.5. The van der Waals surface area contributed by atoms with Gasteiger partial charge in [-0.3, -0.25) is 9.69 Å². The third-order valence-electron chi connectivity index (χ3n) is 3.40. The third-order valence-corrected chi connectivity index (χ3v) is 3.40. The molecule has 0 aliphatic carbocycles. The van der Waals surface area contributed by atoms with Crippen LogP contribution in [0.1, 0.15) is 40.5 Å². The highest BCUT2D eigenvalue weighted by Gasteiger charge is 2.27. The van der Waals surface area contributed by atoms with Gasteiger partial charge < -0.3 is 10.1 Å². The number of hydrogen-bond donors (Lipinski definition) is 1. The molecule has 1 saturated heterocycles.